The van der Waals surface area contributed by atoms with Crippen molar-refractivity contribution in [3.05, 3.63) is 32.9 Å². The molecule has 9 nitrogen and oxygen atoms in total. The average Bonchev–Trinajstić information content (AvgIpc) is 3.45. The smallest absolute Gasteiger partial charge is 0.343 e. The lowest BCUT2D eigenvalue weighted by molar-refractivity contribution is -0.132. The zero-order valence-electron chi connectivity index (χ0n) is 16.0. The number of hydrogen-bond donors (Lipinski definition) is 2. The summed E-state index contributed by atoms with van der Waals surface area (Å²) in [5.74, 6) is -0.293. The van der Waals surface area contributed by atoms with Crippen LogP contribution in [0.2, 0.25) is 0 Å². The van der Waals surface area contributed by atoms with Gasteiger partial charge in [0.25, 0.3) is 5.91 Å². The molecule has 2 aromatic heterocycles. The number of aromatic nitrogens is 4. The Morgan fingerprint density at radius 2 is 2.25 bits per heavy atom. The van der Waals surface area contributed by atoms with E-state index >= 15 is 0 Å². The molecular formula is C18H24N6O3S. The monoisotopic (exact) mass is 404 g/mol. The highest BCUT2D eigenvalue weighted by molar-refractivity contribution is 7.07. The lowest BCUT2D eigenvalue weighted by Crippen LogP contribution is -2.51. The van der Waals surface area contributed by atoms with Gasteiger partial charge in [0, 0.05) is 37.5 Å². The van der Waals surface area contributed by atoms with Crippen LogP contribution in [0.1, 0.15) is 48.9 Å². The van der Waals surface area contributed by atoms with E-state index in [1.165, 1.54) is 18.4 Å². The van der Waals surface area contributed by atoms with E-state index < -0.39 is 11.1 Å². The van der Waals surface area contributed by atoms with Gasteiger partial charge in [-0.25, -0.2) is 14.5 Å². The van der Waals surface area contributed by atoms with E-state index in [1.54, 1.807) is 10.4 Å². The zero-order valence-corrected chi connectivity index (χ0v) is 16.8. The molecule has 0 unspecified atom stereocenters. The van der Waals surface area contributed by atoms with Crippen LogP contribution in [-0.2, 0) is 18.3 Å². The summed E-state index contributed by atoms with van der Waals surface area (Å²) < 4.78 is 1.11. The Kier molecular flexibility index (Phi) is 4.82. The number of carbonyl (C=O) groups excluding carboxylic acids is 2. The summed E-state index contributed by atoms with van der Waals surface area (Å²) in [6.07, 6.45) is 3.58. The summed E-state index contributed by atoms with van der Waals surface area (Å²) in [5.41, 5.74) is 1.52. The largest absolute Gasteiger partial charge is 0.356 e. The molecule has 2 aromatic rings. The summed E-state index contributed by atoms with van der Waals surface area (Å²) >= 11 is 1.50. The van der Waals surface area contributed by atoms with Crippen LogP contribution >= 0.6 is 11.3 Å². The summed E-state index contributed by atoms with van der Waals surface area (Å²) in [6, 6.07) is -0.261. The third-order valence-corrected chi connectivity index (χ3v) is 6.55. The van der Waals surface area contributed by atoms with Gasteiger partial charge in [-0.2, -0.15) is 0 Å². The van der Waals surface area contributed by atoms with Crippen molar-refractivity contribution in [2.75, 3.05) is 6.54 Å². The molecule has 2 saturated heterocycles. The molecule has 28 heavy (non-hydrogen) atoms. The van der Waals surface area contributed by atoms with Gasteiger partial charge in [0.05, 0.1) is 16.6 Å². The highest BCUT2D eigenvalue weighted by Gasteiger charge is 2.61. The zero-order chi connectivity index (χ0) is 19.9. The first-order valence-corrected chi connectivity index (χ1v) is 10.5. The maximum absolute atomic E-state index is 13.3. The van der Waals surface area contributed by atoms with Crippen molar-refractivity contribution in [1.29, 1.82) is 0 Å². The first-order valence-electron chi connectivity index (χ1n) is 9.57. The van der Waals surface area contributed by atoms with E-state index in [1.807, 2.05) is 12.3 Å². The first kappa shape index (κ1) is 18.9. The number of fused-ring (bicyclic) bond motifs is 2. The van der Waals surface area contributed by atoms with Crippen molar-refractivity contribution < 1.29 is 9.59 Å². The molecule has 3 atom stereocenters. The average molecular weight is 404 g/mol. The van der Waals surface area contributed by atoms with Crippen LogP contribution in [0.25, 0.3) is 0 Å². The molecule has 2 aliphatic heterocycles. The quantitative estimate of drug-likeness (QED) is 0.736. The molecule has 2 bridgehead atoms. The second-order valence-electron chi connectivity index (χ2n) is 7.63. The summed E-state index contributed by atoms with van der Waals surface area (Å²) in [6.45, 7) is 2.62. The van der Waals surface area contributed by atoms with Gasteiger partial charge in [0.2, 0.25) is 11.7 Å². The van der Waals surface area contributed by atoms with Crippen LogP contribution in [0.5, 0.6) is 0 Å². The van der Waals surface area contributed by atoms with Gasteiger partial charge >= 0.3 is 5.69 Å². The minimum absolute atomic E-state index is 0.0122. The number of nitrogens with one attached hydrogen (secondary N) is 2. The van der Waals surface area contributed by atoms with Crippen LogP contribution in [0.3, 0.4) is 0 Å². The fourth-order valence-corrected chi connectivity index (χ4v) is 5.25. The molecule has 0 spiro atoms. The minimum atomic E-state index is -0.698. The third kappa shape index (κ3) is 2.95. The number of amides is 2. The molecule has 2 fully saturated rings. The van der Waals surface area contributed by atoms with Gasteiger partial charge < -0.3 is 10.2 Å². The second kappa shape index (κ2) is 7.16. The molecule has 2 aliphatic rings. The van der Waals surface area contributed by atoms with E-state index in [9.17, 15) is 14.4 Å². The number of hydrogen-bond acceptors (Lipinski definition) is 6. The van der Waals surface area contributed by atoms with Gasteiger partial charge in [-0.1, -0.05) is 6.92 Å². The maximum Gasteiger partial charge on any atom is 0.343 e. The van der Waals surface area contributed by atoms with Crippen LogP contribution in [-0.4, -0.2) is 55.1 Å². The van der Waals surface area contributed by atoms with Crippen molar-refractivity contribution in [2.24, 2.45) is 12.5 Å². The standard InChI is InChI=1S/C18H24N6O3S/c1-3-6-19-16(26)18(7-11-9-28-10-20-11)8-12-4-5-13(18)24(12)15(25)14-21-17(27)23(2)22-14/h9-10,12-13H,3-8H2,1-2H3,(H,19,26)(H,21,22,27)/t12-,13+,18+/m1/s1. The van der Waals surface area contributed by atoms with Crippen LogP contribution < -0.4 is 11.0 Å². The van der Waals surface area contributed by atoms with E-state index in [2.05, 4.69) is 20.4 Å². The topological polar surface area (TPSA) is 113 Å². The van der Waals surface area contributed by atoms with Crippen LogP contribution in [0.15, 0.2) is 15.7 Å². The van der Waals surface area contributed by atoms with E-state index in [4.69, 9.17) is 0 Å². The molecule has 0 aromatic carbocycles. The molecular weight excluding hydrogens is 380 g/mol. The molecule has 4 heterocycles. The van der Waals surface area contributed by atoms with Gasteiger partial charge in [0.15, 0.2) is 0 Å². The van der Waals surface area contributed by atoms with Gasteiger partial charge in [-0.15, -0.1) is 16.4 Å². The Bertz CT molecular complexity index is 936. The molecule has 4 rings (SSSR count). The first-order chi connectivity index (χ1) is 13.5. The SMILES string of the molecule is CCCNC(=O)[C@@]1(Cc2cscn2)C[C@H]2CC[C@@H]1N2C(=O)c1nn(C)c(=O)[nH]1. The number of rotatable bonds is 6. The van der Waals surface area contributed by atoms with Crippen molar-refractivity contribution >= 4 is 23.2 Å². The minimum Gasteiger partial charge on any atom is -0.356 e. The Labute approximate surface area is 166 Å². The Hall–Kier alpha value is -2.49. The van der Waals surface area contributed by atoms with Gasteiger partial charge in [0.1, 0.15) is 0 Å². The third-order valence-electron chi connectivity index (χ3n) is 5.91. The maximum atomic E-state index is 13.3. The number of thiazole rings is 1. The fraction of sp³-hybridized carbons (Fsp3) is 0.611. The lowest BCUT2D eigenvalue weighted by atomic mass is 9.70. The van der Waals surface area contributed by atoms with Gasteiger partial charge in [-0.05, 0) is 25.7 Å². The molecule has 0 saturated carbocycles. The summed E-state index contributed by atoms with van der Waals surface area (Å²) in [7, 11) is 1.50. The molecule has 0 aliphatic carbocycles. The molecule has 10 heteroatoms. The molecule has 150 valence electrons. The Morgan fingerprint density at radius 3 is 2.89 bits per heavy atom. The van der Waals surface area contributed by atoms with Gasteiger partial charge in [-0.3, -0.25) is 14.6 Å². The number of H-pyrrole nitrogens is 1. The summed E-state index contributed by atoms with van der Waals surface area (Å²) in [4.78, 5) is 46.8. The molecule has 0 radical (unpaired) electrons. The molecule has 2 amide bonds. The Balaban J connectivity index is 1.67. The van der Waals surface area contributed by atoms with Crippen molar-refractivity contribution in [3.8, 4) is 0 Å². The van der Waals surface area contributed by atoms with Crippen LogP contribution in [0, 0.1) is 5.41 Å². The predicted molar refractivity (Wildman–Crippen MR) is 103 cm³/mol. The summed E-state index contributed by atoms with van der Waals surface area (Å²) in [5, 5.41) is 9.02. The van der Waals surface area contributed by atoms with Crippen molar-refractivity contribution in [2.45, 2.75) is 51.1 Å². The van der Waals surface area contributed by atoms with E-state index in [0.29, 0.717) is 19.4 Å². The van der Waals surface area contributed by atoms with E-state index in [0.717, 1.165) is 29.6 Å². The highest BCUT2D eigenvalue weighted by Crippen LogP contribution is 2.52. The number of carbonyl (C=O) groups is 2. The number of aromatic amines is 1. The van der Waals surface area contributed by atoms with Crippen molar-refractivity contribution in [3.63, 3.8) is 0 Å². The second-order valence-corrected chi connectivity index (χ2v) is 8.35. The highest BCUT2D eigenvalue weighted by atomic mass is 32.1. The predicted octanol–water partition coefficient (Wildman–Crippen LogP) is 0.697. The van der Waals surface area contributed by atoms with E-state index in [-0.39, 0.29) is 29.7 Å². The van der Waals surface area contributed by atoms with Crippen LogP contribution in [0.4, 0.5) is 0 Å². The number of nitrogens with zero attached hydrogens (tertiary/aromatic N) is 4. The Morgan fingerprint density at radius 1 is 1.43 bits per heavy atom. The normalized spacial score (nSPS) is 26.0. The number of aryl methyl sites for hydroxylation is 1. The fourth-order valence-electron chi connectivity index (χ4n) is 4.69. The lowest BCUT2D eigenvalue weighted by Gasteiger charge is -2.35. The van der Waals surface area contributed by atoms with Crippen molar-refractivity contribution in [1.82, 2.24) is 30.0 Å². The molecule has 2 N–H and O–H groups in total.